The number of benzene rings is 1. The summed E-state index contributed by atoms with van der Waals surface area (Å²) in [6, 6.07) is 15.7. The van der Waals surface area contributed by atoms with Crippen LogP contribution in [-0.2, 0) is 0 Å². The van der Waals surface area contributed by atoms with Crippen LogP contribution in [0.3, 0.4) is 0 Å². The molecule has 4 aromatic rings. The first kappa shape index (κ1) is 13.5. The van der Waals surface area contributed by atoms with E-state index < -0.39 is 0 Å². The van der Waals surface area contributed by atoms with Crippen molar-refractivity contribution >= 4 is 0 Å². The van der Waals surface area contributed by atoms with Crippen LogP contribution < -0.4 is 0 Å². The Morgan fingerprint density at radius 1 is 0.913 bits per heavy atom. The van der Waals surface area contributed by atoms with Crippen LogP contribution in [-0.4, -0.2) is 14.8 Å². The Morgan fingerprint density at radius 3 is 2.43 bits per heavy atom. The average Bonchev–Trinajstić information content (AvgIpc) is 3.27. The van der Waals surface area contributed by atoms with E-state index in [0.717, 1.165) is 22.6 Å². The minimum absolute atomic E-state index is 0.252. The SMILES string of the molecule is Fc1ccc(-c2ccc(-n3nccc3-c3ccco3)nc2)cc1. The summed E-state index contributed by atoms with van der Waals surface area (Å²) in [6.07, 6.45) is 5.07. The molecule has 0 aliphatic carbocycles. The van der Waals surface area contributed by atoms with Crippen molar-refractivity contribution in [3.05, 3.63) is 79.1 Å². The lowest BCUT2D eigenvalue weighted by molar-refractivity contribution is 0.576. The van der Waals surface area contributed by atoms with E-state index in [9.17, 15) is 4.39 Å². The van der Waals surface area contributed by atoms with Gasteiger partial charge in [0.2, 0.25) is 0 Å². The van der Waals surface area contributed by atoms with Crippen molar-refractivity contribution in [2.45, 2.75) is 0 Å². The largest absolute Gasteiger partial charge is 0.463 e. The minimum Gasteiger partial charge on any atom is -0.463 e. The molecule has 0 aliphatic heterocycles. The van der Waals surface area contributed by atoms with Gasteiger partial charge in [0.05, 0.1) is 12.5 Å². The molecule has 0 saturated carbocycles. The number of rotatable bonds is 3. The summed E-state index contributed by atoms with van der Waals surface area (Å²) in [5.74, 6) is 1.16. The van der Waals surface area contributed by atoms with E-state index in [0.29, 0.717) is 5.82 Å². The summed E-state index contributed by atoms with van der Waals surface area (Å²) in [4.78, 5) is 4.46. The molecule has 4 nitrogen and oxygen atoms in total. The molecule has 4 rings (SSSR count). The third-order valence-electron chi connectivity index (χ3n) is 3.56. The van der Waals surface area contributed by atoms with E-state index in [-0.39, 0.29) is 5.82 Å². The molecule has 1 aromatic carbocycles. The van der Waals surface area contributed by atoms with Crippen molar-refractivity contribution in [1.29, 1.82) is 0 Å². The predicted octanol–water partition coefficient (Wildman–Crippen LogP) is 4.33. The van der Waals surface area contributed by atoms with Gasteiger partial charge in [-0.05, 0) is 48.0 Å². The Bertz CT molecular complexity index is 910. The van der Waals surface area contributed by atoms with Gasteiger partial charge >= 0.3 is 0 Å². The first-order chi connectivity index (χ1) is 11.3. The highest BCUT2D eigenvalue weighted by Gasteiger charge is 2.10. The highest BCUT2D eigenvalue weighted by atomic mass is 19.1. The van der Waals surface area contributed by atoms with Gasteiger partial charge in [-0.25, -0.2) is 14.1 Å². The second kappa shape index (κ2) is 5.53. The normalized spacial score (nSPS) is 10.8. The number of furan rings is 1. The van der Waals surface area contributed by atoms with E-state index >= 15 is 0 Å². The maximum Gasteiger partial charge on any atom is 0.154 e. The minimum atomic E-state index is -0.252. The standard InChI is InChI=1S/C18H12FN3O/c19-15-6-3-13(4-7-15)14-5-8-18(20-12-14)22-16(9-10-21-22)17-2-1-11-23-17/h1-12H. The smallest absolute Gasteiger partial charge is 0.154 e. The molecule has 112 valence electrons. The van der Waals surface area contributed by atoms with Crippen LogP contribution in [0.1, 0.15) is 0 Å². The molecule has 0 bridgehead atoms. The topological polar surface area (TPSA) is 43.9 Å². The molecule has 0 saturated heterocycles. The number of aromatic nitrogens is 3. The Labute approximate surface area is 131 Å². The fourth-order valence-electron chi connectivity index (χ4n) is 2.42. The highest BCUT2D eigenvalue weighted by Crippen LogP contribution is 2.24. The van der Waals surface area contributed by atoms with Crippen molar-refractivity contribution in [2.75, 3.05) is 0 Å². The third-order valence-corrected chi connectivity index (χ3v) is 3.56. The summed E-state index contributed by atoms with van der Waals surface area (Å²) in [6.45, 7) is 0. The lowest BCUT2D eigenvalue weighted by atomic mass is 10.1. The molecule has 23 heavy (non-hydrogen) atoms. The Kier molecular flexibility index (Phi) is 3.24. The molecule has 0 aliphatic rings. The van der Waals surface area contributed by atoms with Gasteiger partial charge in [-0.1, -0.05) is 12.1 Å². The first-order valence-electron chi connectivity index (χ1n) is 7.11. The van der Waals surface area contributed by atoms with Crippen molar-refractivity contribution in [3.8, 4) is 28.4 Å². The van der Waals surface area contributed by atoms with Gasteiger partial charge < -0.3 is 4.42 Å². The Balaban J connectivity index is 1.69. The van der Waals surface area contributed by atoms with E-state index in [1.165, 1.54) is 12.1 Å². The van der Waals surface area contributed by atoms with Gasteiger partial charge in [-0.2, -0.15) is 5.10 Å². The van der Waals surface area contributed by atoms with Gasteiger partial charge in [0, 0.05) is 11.8 Å². The number of halogens is 1. The van der Waals surface area contributed by atoms with E-state index in [4.69, 9.17) is 4.42 Å². The fourth-order valence-corrected chi connectivity index (χ4v) is 2.42. The monoisotopic (exact) mass is 305 g/mol. The second-order valence-electron chi connectivity index (χ2n) is 5.02. The van der Waals surface area contributed by atoms with Crippen molar-refractivity contribution in [2.24, 2.45) is 0 Å². The fraction of sp³-hybridized carbons (Fsp3) is 0. The quantitative estimate of drug-likeness (QED) is 0.566. The van der Waals surface area contributed by atoms with E-state index in [1.54, 1.807) is 35.5 Å². The first-order valence-corrected chi connectivity index (χ1v) is 7.11. The van der Waals surface area contributed by atoms with Crippen LogP contribution in [0.2, 0.25) is 0 Å². The summed E-state index contributed by atoms with van der Waals surface area (Å²) in [7, 11) is 0. The second-order valence-corrected chi connectivity index (χ2v) is 5.02. The molecule has 0 atom stereocenters. The Morgan fingerprint density at radius 2 is 1.74 bits per heavy atom. The lowest BCUT2D eigenvalue weighted by Crippen LogP contribution is -2.01. The molecule has 0 fully saturated rings. The molecule has 0 unspecified atom stereocenters. The Hall–Kier alpha value is -3.21. The predicted molar refractivity (Wildman–Crippen MR) is 84.5 cm³/mol. The number of nitrogens with zero attached hydrogens (tertiary/aromatic N) is 3. The van der Waals surface area contributed by atoms with Crippen LogP contribution >= 0.6 is 0 Å². The van der Waals surface area contributed by atoms with Crippen LogP contribution in [0.5, 0.6) is 0 Å². The van der Waals surface area contributed by atoms with Gasteiger partial charge in [0.15, 0.2) is 11.6 Å². The van der Waals surface area contributed by atoms with Crippen molar-refractivity contribution in [1.82, 2.24) is 14.8 Å². The third kappa shape index (κ3) is 2.53. The van der Waals surface area contributed by atoms with Crippen LogP contribution in [0, 0.1) is 5.82 Å². The number of hydrogen-bond acceptors (Lipinski definition) is 3. The summed E-state index contributed by atoms with van der Waals surface area (Å²) >= 11 is 0. The number of hydrogen-bond donors (Lipinski definition) is 0. The lowest BCUT2D eigenvalue weighted by Gasteiger charge is -2.06. The van der Waals surface area contributed by atoms with Crippen LogP contribution in [0.15, 0.2) is 77.7 Å². The zero-order valence-corrected chi connectivity index (χ0v) is 12.1. The van der Waals surface area contributed by atoms with E-state index in [1.807, 2.05) is 30.3 Å². The molecular weight excluding hydrogens is 293 g/mol. The molecule has 0 radical (unpaired) electrons. The van der Waals surface area contributed by atoms with Crippen molar-refractivity contribution in [3.63, 3.8) is 0 Å². The molecule has 0 amide bonds. The zero-order valence-electron chi connectivity index (χ0n) is 12.1. The maximum absolute atomic E-state index is 13.0. The van der Waals surface area contributed by atoms with Gasteiger partial charge in [0.25, 0.3) is 0 Å². The number of pyridine rings is 1. The molecule has 0 N–H and O–H groups in total. The van der Waals surface area contributed by atoms with Gasteiger partial charge in [0.1, 0.15) is 11.5 Å². The molecular formula is C18H12FN3O. The van der Waals surface area contributed by atoms with Crippen LogP contribution in [0.4, 0.5) is 4.39 Å². The highest BCUT2D eigenvalue weighted by molar-refractivity contribution is 5.63. The average molecular weight is 305 g/mol. The summed E-state index contributed by atoms with van der Waals surface area (Å²) in [5, 5.41) is 4.30. The summed E-state index contributed by atoms with van der Waals surface area (Å²) in [5.41, 5.74) is 2.66. The zero-order chi connectivity index (χ0) is 15.6. The molecule has 5 heteroatoms. The molecule has 3 aromatic heterocycles. The molecule has 0 spiro atoms. The molecule has 3 heterocycles. The summed E-state index contributed by atoms with van der Waals surface area (Å²) < 4.78 is 20.1. The van der Waals surface area contributed by atoms with Gasteiger partial charge in [-0.15, -0.1) is 0 Å². The van der Waals surface area contributed by atoms with E-state index in [2.05, 4.69) is 10.1 Å². The maximum atomic E-state index is 13.0. The van der Waals surface area contributed by atoms with Crippen LogP contribution in [0.25, 0.3) is 28.4 Å². The van der Waals surface area contributed by atoms with Crippen molar-refractivity contribution < 1.29 is 8.81 Å². The van der Waals surface area contributed by atoms with Gasteiger partial charge in [-0.3, -0.25) is 0 Å².